The van der Waals surface area contributed by atoms with Gasteiger partial charge in [-0.15, -0.1) is 0 Å². The molecule has 1 saturated heterocycles. The molecule has 0 radical (unpaired) electrons. The standard InChI is InChI=1S/C15H15NO/c16-14-8-4-7-13(9-14)15(10-17-11-15)12-5-2-1-3-6-12/h1-9H,10-11,16H2. The van der Waals surface area contributed by atoms with E-state index in [0.717, 1.165) is 18.9 Å². The highest BCUT2D eigenvalue weighted by molar-refractivity contribution is 5.49. The van der Waals surface area contributed by atoms with E-state index in [2.05, 4.69) is 36.4 Å². The van der Waals surface area contributed by atoms with Crippen LogP contribution in [0.2, 0.25) is 0 Å². The van der Waals surface area contributed by atoms with Gasteiger partial charge in [0.25, 0.3) is 0 Å². The summed E-state index contributed by atoms with van der Waals surface area (Å²) < 4.78 is 5.45. The smallest absolute Gasteiger partial charge is 0.0670 e. The van der Waals surface area contributed by atoms with Gasteiger partial charge in [-0.3, -0.25) is 0 Å². The topological polar surface area (TPSA) is 35.2 Å². The van der Waals surface area contributed by atoms with Crippen molar-refractivity contribution in [3.05, 3.63) is 65.7 Å². The zero-order valence-corrected chi connectivity index (χ0v) is 9.60. The second kappa shape index (κ2) is 3.90. The Morgan fingerprint density at radius 2 is 1.59 bits per heavy atom. The van der Waals surface area contributed by atoms with Crippen LogP contribution in [-0.4, -0.2) is 13.2 Å². The zero-order chi connectivity index (χ0) is 11.7. The van der Waals surface area contributed by atoms with Crippen LogP contribution in [0.5, 0.6) is 0 Å². The summed E-state index contributed by atoms with van der Waals surface area (Å²) in [4.78, 5) is 0. The van der Waals surface area contributed by atoms with Crippen molar-refractivity contribution in [1.29, 1.82) is 0 Å². The minimum atomic E-state index is -0.00333. The molecule has 0 amide bonds. The highest BCUT2D eigenvalue weighted by Crippen LogP contribution is 2.39. The number of benzene rings is 2. The van der Waals surface area contributed by atoms with Gasteiger partial charge in [-0.05, 0) is 23.3 Å². The average Bonchev–Trinajstić information content (AvgIpc) is 2.29. The third kappa shape index (κ3) is 1.61. The zero-order valence-electron chi connectivity index (χ0n) is 9.60. The van der Waals surface area contributed by atoms with Gasteiger partial charge in [0.05, 0.1) is 18.6 Å². The lowest BCUT2D eigenvalue weighted by Crippen LogP contribution is -2.47. The van der Waals surface area contributed by atoms with Crippen LogP contribution in [0.3, 0.4) is 0 Å². The highest BCUT2D eigenvalue weighted by atomic mass is 16.5. The van der Waals surface area contributed by atoms with Gasteiger partial charge in [0.1, 0.15) is 0 Å². The molecule has 2 aromatic rings. The molecule has 1 aliphatic rings. The third-order valence-corrected chi connectivity index (χ3v) is 3.46. The molecule has 86 valence electrons. The van der Waals surface area contributed by atoms with Crippen molar-refractivity contribution in [3.8, 4) is 0 Å². The number of hydrogen-bond donors (Lipinski definition) is 1. The van der Waals surface area contributed by atoms with Crippen LogP contribution in [0, 0.1) is 0 Å². The minimum absolute atomic E-state index is 0.00333. The van der Waals surface area contributed by atoms with E-state index in [1.54, 1.807) is 0 Å². The SMILES string of the molecule is Nc1cccc(C2(c3ccccc3)COC2)c1. The van der Waals surface area contributed by atoms with Crippen LogP contribution in [0.1, 0.15) is 11.1 Å². The fraction of sp³-hybridized carbons (Fsp3) is 0.200. The molecule has 0 unspecified atom stereocenters. The van der Waals surface area contributed by atoms with E-state index in [4.69, 9.17) is 10.5 Å². The molecule has 2 aromatic carbocycles. The number of nitrogens with two attached hydrogens (primary N) is 1. The van der Waals surface area contributed by atoms with Gasteiger partial charge in [-0.1, -0.05) is 42.5 Å². The predicted octanol–water partition coefficient (Wildman–Crippen LogP) is 2.59. The maximum atomic E-state index is 5.87. The number of ether oxygens (including phenoxy) is 1. The van der Waals surface area contributed by atoms with E-state index >= 15 is 0 Å². The predicted molar refractivity (Wildman–Crippen MR) is 68.9 cm³/mol. The molecule has 2 heteroatoms. The molecule has 0 aliphatic carbocycles. The van der Waals surface area contributed by atoms with Gasteiger partial charge in [0, 0.05) is 5.69 Å². The molecule has 0 bridgehead atoms. The lowest BCUT2D eigenvalue weighted by atomic mass is 9.73. The summed E-state index contributed by atoms with van der Waals surface area (Å²) in [6.07, 6.45) is 0. The van der Waals surface area contributed by atoms with Crippen molar-refractivity contribution in [2.75, 3.05) is 18.9 Å². The molecule has 0 spiro atoms. The van der Waals surface area contributed by atoms with E-state index in [1.807, 2.05) is 18.2 Å². The van der Waals surface area contributed by atoms with Gasteiger partial charge in [-0.2, -0.15) is 0 Å². The summed E-state index contributed by atoms with van der Waals surface area (Å²) in [6.45, 7) is 1.47. The summed E-state index contributed by atoms with van der Waals surface area (Å²) in [6, 6.07) is 18.6. The second-order valence-corrected chi connectivity index (χ2v) is 4.57. The van der Waals surface area contributed by atoms with E-state index in [0.29, 0.717) is 0 Å². The van der Waals surface area contributed by atoms with Crippen LogP contribution >= 0.6 is 0 Å². The van der Waals surface area contributed by atoms with Crippen LogP contribution < -0.4 is 5.73 Å². The van der Waals surface area contributed by atoms with Crippen LogP contribution in [0.25, 0.3) is 0 Å². The highest BCUT2D eigenvalue weighted by Gasteiger charge is 2.41. The van der Waals surface area contributed by atoms with E-state index in [9.17, 15) is 0 Å². The molecule has 0 atom stereocenters. The Morgan fingerprint density at radius 1 is 0.882 bits per heavy atom. The largest absolute Gasteiger partial charge is 0.399 e. The molecule has 0 saturated carbocycles. The molecule has 0 aromatic heterocycles. The fourth-order valence-electron chi connectivity index (χ4n) is 2.40. The quantitative estimate of drug-likeness (QED) is 0.797. The fourth-order valence-corrected chi connectivity index (χ4v) is 2.40. The first-order valence-electron chi connectivity index (χ1n) is 5.81. The van der Waals surface area contributed by atoms with Crippen molar-refractivity contribution in [1.82, 2.24) is 0 Å². The molecule has 2 nitrogen and oxygen atoms in total. The normalized spacial score (nSPS) is 17.4. The molecule has 1 fully saturated rings. The van der Waals surface area contributed by atoms with Gasteiger partial charge in [0.2, 0.25) is 0 Å². The van der Waals surface area contributed by atoms with Crippen molar-refractivity contribution in [2.24, 2.45) is 0 Å². The van der Waals surface area contributed by atoms with Crippen molar-refractivity contribution < 1.29 is 4.74 Å². The Labute approximate surface area is 101 Å². The van der Waals surface area contributed by atoms with E-state index < -0.39 is 0 Å². The van der Waals surface area contributed by atoms with Crippen LogP contribution in [0.15, 0.2) is 54.6 Å². The molecular weight excluding hydrogens is 210 g/mol. The number of hydrogen-bond acceptors (Lipinski definition) is 2. The van der Waals surface area contributed by atoms with Crippen molar-refractivity contribution in [2.45, 2.75) is 5.41 Å². The second-order valence-electron chi connectivity index (χ2n) is 4.57. The minimum Gasteiger partial charge on any atom is -0.399 e. The summed E-state index contributed by atoms with van der Waals surface area (Å²) >= 11 is 0. The van der Waals surface area contributed by atoms with Crippen LogP contribution in [0.4, 0.5) is 5.69 Å². The lowest BCUT2D eigenvalue weighted by Gasteiger charge is -2.42. The van der Waals surface area contributed by atoms with Gasteiger partial charge < -0.3 is 10.5 Å². The Bertz CT molecular complexity index is 517. The van der Waals surface area contributed by atoms with E-state index in [1.165, 1.54) is 11.1 Å². The Kier molecular flexibility index (Phi) is 2.37. The first-order valence-corrected chi connectivity index (χ1v) is 5.81. The summed E-state index contributed by atoms with van der Waals surface area (Å²) in [7, 11) is 0. The number of rotatable bonds is 2. The maximum Gasteiger partial charge on any atom is 0.0670 e. The molecule has 2 N–H and O–H groups in total. The molecular formula is C15H15NO. The number of anilines is 1. The van der Waals surface area contributed by atoms with Crippen molar-refractivity contribution >= 4 is 5.69 Å². The first-order chi connectivity index (χ1) is 8.31. The Balaban J connectivity index is 2.09. The Hall–Kier alpha value is -1.80. The van der Waals surface area contributed by atoms with Crippen molar-refractivity contribution in [3.63, 3.8) is 0 Å². The number of nitrogen functional groups attached to an aromatic ring is 1. The summed E-state index contributed by atoms with van der Waals surface area (Å²) in [5.41, 5.74) is 9.23. The average molecular weight is 225 g/mol. The lowest BCUT2D eigenvalue weighted by molar-refractivity contribution is -0.0379. The first kappa shape index (κ1) is 10.4. The maximum absolute atomic E-state index is 5.87. The monoisotopic (exact) mass is 225 g/mol. The third-order valence-electron chi connectivity index (χ3n) is 3.46. The summed E-state index contributed by atoms with van der Waals surface area (Å²) in [5.74, 6) is 0. The molecule has 1 heterocycles. The molecule has 3 rings (SSSR count). The molecule has 1 aliphatic heterocycles. The Morgan fingerprint density at radius 3 is 2.18 bits per heavy atom. The van der Waals surface area contributed by atoms with Crippen LogP contribution in [-0.2, 0) is 10.2 Å². The summed E-state index contributed by atoms with van der Waals surface area (Å²) in [5, 5.41) is 0. The van der Waals surface area contributed by atoms with E-state index in [-0.39, 0.29) is 5.41 Å². The van der Waals surface area contributed by atoms with Gasteiger partial charge in [-0.25, -0.2) is 0 Å². The molecule has 17 heavy (non-hydrogen) atoms. The van der Waals surface area contributed by atoms with Gasteiger partial charge >= 0.3 is 0 Å². The van der Waals surface area contributed by atoms with Gasteiger partial charge in [0.15, 0.2) is 0 Å².